The van der Waals surface area contributed by atoms with Gasteiger partial charge in [-0.2, -0.15) is 0 Å². The van der Waals surface area contributed by atoms with Crippen LogP contribution in [0.4, 0.5) is 0 Å². The predicted molar refractivity (Wildman–Crippen MR) is 173 cm³/mol. The highest BCUT2D eigenvalue weighted by atomic mass is 32.2. The number of ether oxygens (including phenoxy) is 2. The van der Waals surface area contributed by atoms with Gasteiger partial charge in [0.2, 0.25) is 23.6 Å². The molecule has 1 saturated carbocycles. The van der Waals surface area contributed by atoms with Crippen LogP contribution in [0.15, 0.2) is 4.90 Å². The summed E-state index contributed by atoms with van der Waals surface area (Å²) in [6.45, 7) is 2.42. The number of hydrogen-bond donors (Lipinski definition) is 9. The van der Waals surface area contributed by atoms with Crippen molar-refractivity contribution < 1.29 is 63.8 Å². The van der Waals surface area contributed by atoms with E-state index in [1.165, 1.54) is 4.57 Å². The van der Waals surface area contributed by atoms with Crippen molar-refractivity contribution in [3.05, 3.63) is 5.56 Å². The fourth-order valence-corrected chi connectivity index (χ4v) is 6.21. The zero-order valence-electron chi connectivity index (χ0n) is 27.4. The summed E-state index contributed by atoms with van der Waals surface area (Å²) in [6.07, 6.45) is 2.01. The van der Waals surface area contributed by atoms with Crippen LogP contribution in [-0.2, 0) is 44.8 Å². The van der Waals surface area contributed by atoms with E-state index in [1.807, 2.05) is 0 Å². The number of carbonyl (C=O) groups is 6. The largest absolute Gasteiger partial charge is 0.494 e. The maximum Gasteiger partial charge on any atom is 0.322 e. The monoisotopic (exact) mass is 717 g/mol. The Hall–Kier alpha value is -4.07. The highest BCUT2D eigenvalue weighted by molar-refractivity contribution is 7.99. The first-order chi connectivity index (χ1) is 23.2. The number of aromatic nitrogens is 1. The summed E-state index contributed by atoms with van der Waals surface area (Å²) < 4.78 is 11.9. The molecule has 2 unspecified atom stereocenters. The van der Waals surface area contributed by atoms with Crippen molar-refractivity contribution in [3.63, 3.8) is 0 Å². The third-order valence-corrected chi connectivity index (χ3v) is 9.16. The number of thioether (sulfide) groups is 1. The third-order valence-electron chi connectivity index (χ3n) is 7.89. The zero-order valence-corrected chi connectivity index (χ0v) is 28.2. The Kier molecular flexibility index (Phi) is 17.7. The van der Waals surface area contributed by atoms with Gasteiger partial charge in [-0.3, -0.25) is 33.3 Å². The van der Waals surface area contributed by atoms with Gasteiger partial charge in [-0.1, -0.05) is 0 Å². The molecule has 1 aromatic rings. The van der Waals surface area contributed by atoms with Crippen molar-refractivity contribution in [2.24, 2.45) is 17.6 Å². The number of nitrogens with two attached hydrogens (primary N) is 1. The third kappa shape index (κ3) is 14.5. The molecule has 18 nitrogen and oxygen atoms in total. The smallest absolute Gasteiger partial charge is 0.322 e. The molecule has 49 heavy (non-hydrogen) atoms. The Morgan fingerprint density at radius 3 is 2.16 bits per heavy atom. The molecule has 0 spiro atoms. The average Bonchev–Trinajstić information content (AvgIpc) is 3.25. The summed E-state index contributed by atoms with van der Waals surface area (Å²) in [5.74, 6) is -5.79. The minimum atomic E-state index is -1.30. The molecule has 3 amide bonds. The van der Waals surface area contributed by atoms with Gasteiger partial charge in [0.15, 0.2) is 5.88 Å². The normalized spacial score (nSPS) is 17.1. The standard InChI is InChI=1S/C30H47N5O13S/c1-17-25(49-16-21(27(42)33-14-24(39)40)34-22(36)7-6-20(31)30(45)46)29(44)35(28(17)43)15-18-2-4-19(5-3-18)26(41)32-9-11-48-13-12-47-10-8-23(37)38/h18-21,43-44H,2-16,31H2,1H3,(H,32,41)(H,33,42)(H,34,36)(H,37,38)(H,39,40)(H,45,46). The lowest BCUT2D eigenvalue weighted by Crippen LogP contribution is -2.49. The van der Waals surface area contributed by atoms with Crippen molar-refractivity contribution in [2.75, 3.05) is 45.3 Å². The molecule has 2 atom stereocenters. The van der Waals surface area contributed by atoms with E-state index < -0.39 is 48.4 Å². The molecule has 1 aromatic heterocycles. The van der Waals surface area contributed by atoms with E-state index in [4.69, 9.17) is 30.5 Å². The maximum atomic E-state index is 12.7. The fourth-order valence-electron chi connectivity index (χ4n) is 5.09. The fraction of sp³-hybridized carbons (Fsp3) is 0.667. The molecule has 0 radical (unpaired) electrons. The lowest BCUT2D eigenvalue weighted by atomic mass is 9.81. The van der Waals surface area contributed by atoms with Crippen molar-refractivity contribution in [1.82, 2.24) is 20.5 Å². The van der Waals surface area contributed by atoms with Gasteiger partial charge in [0.1, 0.15) is 18.6 Å². The van der Waals surface area contributed by atoms with Gasteiger partial charge in [-0.05, 0) is 44.9 Å². The summed E-state index contributed by atoms with van der Waals surface area (Å²) in [6, 6.07) is -2.53. The van der Waals surface area contributed by atoms with Gasteiger partial charge < -0.3 is 56.7 Å². The van der Waals surface area contributed by atoms with Crippen LogP contribution in [0.1, 0.15) is 50.5 Å². The molecule has 2 rings (SSSR count). The molecule has 0 bridgehead atoms. The summed E-state index contributed by atoms with van der Waals surface area (Å²) in [5, 5.41) is 55.8. The number of nitrogens with zero attached hydrogens (tertiary/aromatic N) is 1. The number of aliphatic carboxylic acids is 3. The van der Waals surface area contributed by atoms with Crippen LogP contribution in [0.2, 0.25) is 0 Å². The number of aromatic hydroxyl groups is 2. The molecule has 0 aliphatic heterocycles. The predicted octanol–water partition coefficient (Wildman–Crippen LogP) is -0.392. The summed E-state index contributed by atoms with van der Waals surface area (Å²) >= 11 is 0.970. The molecule has 1 heterocycles. The van der Waals surface area contributed by atoms with Crippen LogP contribution in [0, 0.1) is 18.8 Å². The van der Waals surface area contributed by atoms with Gasteiger partial charge in [-0.15, -0.1) is 11.8 Å². The number of carboxylic acid groups (broad SMARTS) is 3. The van der Waals surface area contributed by atoms with Crippen LogP contribution >= 0.6 is 11.8 Å². The molecule has 1 aliphatic rings. The van der Waals surface area contributed by atoms with Gasteiger partial charge >= 0.3 is 17.9 Å². The van der Waals surface area contributed by atoms with Crippen LogP contribution in [-0.4, -0.2) is 123 Å². The Labute approximate surface area is 287 Å². The van der Waals surface area contributed by atoms with Crippen molar-refractivity contribution in [2.45, 2.75) is 75.4 Å². The first-order valence-electron chi connectivity index (χ1n) is 15.9. The van der Waals surface area contributed by atoms with E-state index in [-0.39, 0.29) is 92.4 Å². The van der Waals surface area contributed by atoms with Gasteiger partial charge in [-0.25, -0.2) is 0 Å². The lowest BCUT2D eigenvalue weighted by molar-refractivity contribution is -0.139. The van der Waals surface area contributed by atoms with Gasteiger partial charge in [0.25, 0.3) is 0 Å². The average molecular weight is 718 g/mol. The molecule has 276 valence electrons. The summed E-state index contributed by atoms with van der Waals surface area (Å²) in [7, 11) is 0. The Morgan fingerprint density at radius 1 is 0.898 bits per heavy atom. The molecule has 1 aliphatic carbocycles. The number of hydrogen-bond acceptors (Lipinski definition) is 12. The first-order valence-corrected chi connectivity index (χ1v) is 16.9. The first kappa shape index (κ1) is 41.1. The highest BCUT2D eigenvalue weighted by Crippen LogP contribution is 2.42. The SMILES string of the molecule is Cc1c(SCC(NC(=O)CCC(N)C(=O)O)C(=O)NCC(=O)O)c(O)n(CC2CCC(C(=O)NCCOCCOCCC(=O)O)CC2)c1O. The maximum absolute atomic E-state index is 12.7. The number of carbonyl (C=O) groups excluding carboxylic acids is 3. The van der Waals surface area contributed by atoms with E-state index in [1.54, 1.807) is 6.92 Å². The Bertz CT molecular complexity index is 1300. The molecule has 1 fully saturated rings. The number of rotatable bonds is 23. The van der Waals surface area contributed by atoms with E-state index >= 15 is 0 Å². The minimum Gasteiger partial charge on any atom is -0.494 e. The van der Waals surface area contributed by atoms with Crippen LogP contribution in [0.25, 0.3) is 0 Å². The van der Waals surface area contributed by atoms with Gasteiger partial charge in [0.05, 0.1) is 37.7 Å². The number of nitrogens with one attached hydrogen (secondary N) is 3. The van der Waals surface area contributed by atoms with E-state index in [2.05, 4.69) is 16.0 Å². The second-order valence-corrected chi connectivity index (χ2v) is 12.6. The highest BCUT2D eigenvalue weighted by Gasteiger charge is 2.30. The van der Waals surface area contributed by atoms with Crippen molar-refractivity contribution in [1.29, 1.82) is 0 Å². The summed E-state index contributed by atoms with van der Waals surface area (Å²) in [5.41, 5.74) is 5.78. The molecular formula is C30H47N5O13S. The Morgan fingerprint density at radius 2 is 1.55 bits per heavy atom. The molecule has 19 heteroatoms. The number of carboxylic acids is 3. The summed E-state index contributed by atoms with van der Waals surface area (Å²) in [4.78, 5) is 70.3. The topological polar surface area (TPSA) is 289 Å². The van der Waals surface area contributed by atoms with E-state index in [9.17, 15) is 39.0 Å². The van der Waals surface area contributed by atoms with Crippen LogP contribution in [0.5, 0.6) is 11.8 Å². The van der Waals surface area contributed by atoms with Crippen LogP contribution in [0.3, 0.4) is 0 Å². The second kappa shape index (κ2) is 21.1. The van der Waals surface area contributed by atoms with Crippen LogP contribution < -0.4 is 21.7 Å². The van der Waals surface area contributed by atoms with Gasteiger partial charge in [0, 0.05) is 36.7 Å². The van der Waals surface area contributed by atoms with Crippen molar-refractivity contribution >= 4 is 47.4 Å². The van der Waals surface area contributed by atoms with Crippen molar-refractivity contribution in [3.8, 4) is 11.8 Å². The lowest BCUT2D eigenvalue weighted by Gasteiger charge is -2.28. The second-order valence-electron chi connectivity index (χ2n) is 11.6. The van der Waals surface area contributed by atoms with E-state index in [0.717, 1.165) is 11.8 Å². The zero-order chi connectivity index (χ0) is 36.5. The van der Waals surface area contributed by atoms with E-state index in [0.29, 0.717) is 37.8 Å². The Balaban J connectivity index is 1.88. The quantitative estimate of drug-likeness (QED) is 0.0515. The minimum absolute atomic E-state index is 0.0565. The molecule has 0 aromatic carbocycles. The number of amides is 3. The molecular weight excluding hydrogens is 670 g/mol. The molecule has 10 N–H and O–H groups in total. The molecule has 0 saturated heterocycles.